The minimum absolute atomic E-state index is 0.0590. The number of nitrogens with zero attached hydrogens (tertiary/aromatic N) is 1. The van der Waals surface area contributed by atoms with Crippen LogP contribution in [0.15, 0.2) is 47.6 Å². The second kappa shape index (κ2) is 9.75. The average Bonchev–Trinajstić information content (AvgIpc) is 2.64. The summed E-state index contributed by atoms with van der Waals surface area (Å²) in [5.74, 6) is -0.823. The van der Waals surface area contributed by atoms with Crippen LogP contribution in [0.3, 0.4) is 0 Å². The zero-order valence-corrected chi connectivity index (χ0v) is 16.7. The lowest BCUT2D eigenvalue weighted by molar-refractivity contribution is -0.126. The lowest BCUT2D eigenvalue weighted by Gasteiger charge is -2.14. The monoisotopic (exact) mass is 402 g/mol. The number of aryl methyl sites for hydroxylation is 2. The van der Waals surface area contributed by atoms with E-state index < -0.39 is 12.0 Å². The summed E-state index contributed by atoms with van der Waals surface area (Å²) < 4.78 is 0. The third-order valence-corrected chi connectivity index (χ3v) is 4.25. The predicted octanol–water partition coefficient (Wildman–Crippen LogP) is 3.60. The second-order valence-corrected chi connectivity index (χ2v) is 6.70. The number of nitrogens with one attached hydrogen (secondary N) is 2. The molecule has 2 aromatic rings. The standard InChI is InChI=1S/C20H23ClN4O3/c1-12-7-6-8-13(2)19(12)24-20(27)14(3)28-25-17(22)11-18(26)23-16-10-5-4-9-15(16)21/h4-10,14H,11H2,1-3H3,(H2,22,25)(H,23,26)(H,24,27). The van der Waals surface area contributed by atoms with Crippen LogP contribution in [0, 0.1) is 13.8 Å². The van der Waals surface area contributed by atoms with Crippen molar-refractivity contribution in [1.29, 1.82) is 0 Å². The Labute approximate surface area is 168 Å². The summed E-state index contributed by atoms with van der Waals surface area (Å²) in [4.78, 5) is 29.4. The van der Waals surface area contributed by atoms with Gasteiger partial charge in [-0.1, -0.05) is 47.1 Å². The van der Waals surface area contributed by atoms with Crippen LogP contribution in [-0.2, 0) is 14.4 Å². The summed E-state index contributed by atoms with van der Waals surface area (Å²) in [5, 5.41) is 9.54. The first-order valence-corrected chi connectivity index (χ1v) is 9.05. The highest BCUT2D eigenvalue weighted by Gasteiger charge is 2.17. The highest BCUT2D eigenvalue weighted by molar-refractivity contribution is 6.33. The maximum atomic E-state index is 12.3. The van der Waals surface area contributed by atoms with E-state index in [1.165, 1.54) is 0 Å². The Morgan fingerprint density at radius 3 is 2.39 bits per heavy atom. The summed E-state index contributed by atoms with van der Waals surface area (Å²) >= 11 is 5.99. The van der Waals surface area contributed by atoms with Crippen LogP contribution in [-0.4, -0.2) is 23.8 Å². The Morgan fingerprint density at radius 1 is 1.11 bits per heavy atom. The number of anilines is 2. The van der Waals surface area contributed by atoms with Gasteiger partial charge in [-0.05, 0) is 44.0 Å². The Hall–Kier alpha value is -3.06. The number of oxime groups is 1. The van der Waals surface area contributed by atoms with Crippen LogP contribution in [0.2, 0.25) is 5.02 Å². The molecule has 0 aliphatic heterocycles. The fraction of sp³-hybridized carbons (Fsp3) is 0.250. The third kappa shape index (κ3) is 5.99. The number of carbonyl (C=O) groups is 2. The molecule has 0 heterocycles. The zero-order valence-electron chi connectivity index (χ0n) is 16.0. The van der Waals surface area contributed by atoms with Gasteiger partial charge in [0.05, 0.1) is 17.1 Å². The van der Waals surface area contributed by atoms with Gasteiger partial charge >= 0.3 is 0 Å². The van der Waals surface area contributed by atoms with Gasteiger partial charge in [0.15, 0.2) is 0 Å². The lowest BCUT2D eigenvalue weighted by Crippen LogP contribution is -2.29. The molecule has 1 atom stereocenters. The van der Waals surface area contributed by atoms with Gasteiger partial charge in [0.1, 0.15) is 5.84 Å². The Morgan fingerprint density at radius 2 is 1.75 bits per heavy atom. The van der Waals surface area contributed by atoms with Crippen molar-refractivity contribution in [3.63, 3.8) is 0 Å². The van der Waals surface area contributed by atoms with E-state index in [2.05, 4.69) is 15.8 Å². The maximum absolute atomic E-state index is 12.3. The Kier molecular flexibility index (Phi) is 7.40. The molecule has 2 aromatic carbocycles. The van der Waals surface area contributed by atoms with Crippen molar-refractivity contribution in [1.82, 2.24) is 0 Å². The summed E-state index contributed by atoms with van der Waals surface area (Å²) in [6.07, 6.45) is -1.08. The quantitative estimate of drug-likeness (QED) is 0.373. The SMILES string of the molecule is Cc1cccc(C)c1NC(=O)C(C)O/N=C(/N)CC(=O)Nc1ccccc1Cl. The molecule has 1 unspecified atom stereocenters. The second-order valence-electron chi connectivity index (χ2n) is 6.29. The van der Waals surface area contributed by atoms with E-state index in [4.69, 9.17) is 22.2 Å². The molecule has 28 heavy (non-hydrogen) atoms. The highest BCUT2D eigenvalue weighted by Crippen LogP contribution is 2.21. The number of halogens is 1. The van der Waals surface area contributed by atoms with Gasteiger partial charge < -0.3 is 21.2 Å². The number of nitrogens with two attached hydrogens (primary N) is 1. The van der Waals surface area contributed by atoms with Gasteiger partial charge in [-0.15, -0.1) is 0 Å². The summed E-state index contributed by atoms with van der Waals surface area (Å²) in [5.41, 5.74) is 8.81. The van der Waals surface area contributed by atoms with E-state index >= 15 is 0 Å². The molecule has 0 saturated heterocycles. The molecule has 7 nitrogen and oxygen atoms in total. The summed E-state index contributed by atoms with van der Waals surface area (Å²) in [7, 11) is 0. The molecule has 0 bridgehead atoms. The maximum Gasteiger partial charge on any atom is 0.268 e. The fourth-order valence-corrected chi connectivity index (χ4v) is 2.57. The molecule has 0 saturated carbocycles. The topological polar surface area (TPSA) is 106 Å². The molecule has 2 amide bonds. The molecule has 0 radical (unpaired) electrons. The molecule has 0 aliphatic rings. The molecular weight excluding hydrogens is 380 g/mol. The Bertz CT molecular complexity index is 879. The van der Waals surface area contributed by atoms with Crippen LogP contribution >= 0.6 is 11.6 Å². The van der Waals surface area contributed by atoms with Crippen LogP contribution in [0.5, 0.6) is 0 Å². The van der Waals surface area contributed by atoms with Crippen molar-refractivity contribution in [2.45, 2.75) is 33.3 Å². The highest BCUT2D eigenvalue weighted by atomic mass is 35.5. The van der Waals surface area contributed by atoms with Crippen LogP contribution < -0.4 is 16.4 Å². The van der Waals surface area contributed by atoms with Crippen molar-refractivity contribution in [2.24, 2.45) is 10.9 Å². The molecule has 148 valence electrons. The van der Waals surface area contributed by atoms with Crippen molar-refractivity contribution >= 4 is 40.6 Å². The van der Waals surface area contributed by atoms with E-state index in [0.29, 0.717) is 10.7 Å². The number of hydrogen-bond acceptors (Lipinski definition) is 4. The summed E-state index contributed by atoms with van der Waals surface area (Å²) in [6.45, 7) is 5.35. The van der Waals surface area contributed by atoms with Gasteiger partial charge in [0.25, 0.3) is 5.91 Å². The van der Waals surface area contributed by atoms with Gasteiger partial charge in [-0.25, -0.2) is 0 Å². The molecule has 0 spiro atoms. The first kappa shape index (κ1) is 21.2. The molecule has 2 rings (SSSR count). The van der Waals surface area contributed by atoms with E-state index in [-0.39, 0.29) is 18.2 Å². The van der Waals surface area contributed by atoms with E-state index in [1.807, 2.05) is 32.0 Å². The van der Waals surface area contributed by atoms with Gasteiger partial charge in [-0.3, -0.25) is 9.59 Å². The van der Waals surface area contributed by atoms with Crippen molar-refractivity contribution in [3.8, 4) is 0 Å². The minimum Gasteiger partial charge on any atom is -0.384 e. The minimum atomic E-state index is -0.885. The van der Waals surface area contributed by atoms with Crippen LogP contribution in [0.25, 0.3) is 0 Å². The number of rotatable bonds is 7. The molecule has 0 fully saturated rings. The number of benzene rings is 2. The predicted molar refractivity (Wildman–Crippen MR) is 111 cm³/mol. The van der Waals surface area contributed by atoms with E-state index in [0.717, 1.165) is 16.8 Å². The molecule has 0 aliphatic carbocycles. The third-order valence-electron chi connectivity index (χ3n) is 3.92. The number of carbonyl (C=O) groups excluding carboxylic acids is 2. The zero-order chi connectivity index (χ0) is 20.7. The smallest absolute Gasteiger partial charge is 0.268 e. The molecule has 4 N–H and O–H groups in total. The summed E-state index contributed by atoms with van der Waals surface area (Å²) in [6, 6.07) is 12.6. The van der Waals surface area contributed by atoms with Crippen molar-refractivity contribution in [3.05, 3.63) is 58.6 Å². The number of amides is 2. The van der Waals surface area contributed by atoms with Gasteiger partial charge in [0, 0.05) is 5.69 Å². The lowest BCUT2D eigenvalue weighted by atomic mass is 10.1. The van der Waals surface area contributed by atoms with Crippen molar-refractivity contribution < 1.29 is 14.4 Å². The number of amidine groups is 1. The van der Waals surface area contributed by atoms with Gasteiger partial charge in [-0.2, -0.15) is 0 Å². The normalized spacial score (nSPS) is 12.2. The van der Waals surface area contributed by atoms with E-state index in [1.54, 1.807) is 31.2 Å². The molecule has 0 aromatic heterocycles. The van der Waals surface area contributed by atoms with Crippen LogP contribution in [0.4, 0.5) is 11.4 Å². The molecular formula is C20H23ClN4O3. The van der Waals surface area contributed by atoms with Crippen molar-refractivity contribution in [2.75, 3.05) is 10.6 Å². The Balaban J connectivity index is 1.88. The van der Waals surface area contributed by atoms with Gasteiger partial charge in [0.2, 0.25) is 12.0 Å². The largest absolute Gasteiger partial charge is 0.384 e. The van der Waals surface area contributed by atoms with Crippen LogP contribution in [0.1, 0.15) is 24.5 Å². The number of para-hydroxylation sites is 2. The first-order valence-electron chi connectivity index (χ1n) is 8.67. The average molecular weight is 403 g/mol. The number of hydrogen-bond donors (Lipinski definition) is 3. The van der Waals surface area contributed by atoms with E-state index in [9.17, 15) is 9.59 Å². The fourth-order valence-electron chi connectivity index (χ4n) is 2.38. The molecule has 8 heteroatoms. The first-order chi connectivity index (χ1) is 13.3.